The summed E-state index contributed by atoms with van der Waals surface area (Å²) < 4.78 is 0. The van der Waals surface area contributed by atoms with Crippen LogP contribution in [0, 0.1) is 5.41 Å². The Morgan fingerprint density at radius 3 is 1.49 bits per heavy atom. The molecule has 3 aliphatic heterocycles. The number of fused-ring (bicyclic) bond motifs is 3. The number of rotatable bonds is 25. The van der Waals surface area contributed by atoms with Crippen molar-refractivity contribution in [3.05, 3.63) is 65.9 Å². The smallest absolute Gasteiger partial charge is 0.303 e. The van der Waals surface area contributed by atoms with Gasteiger partial charge in [0.1, 0.15) is 84.3 Å². The normalized spacial score (nSPS) is 24.5. The molecule has 0 radical (unpaired) electrons. The number of aliphatic carboxylic acids is 3. The van der Waals surface area contributed by atoms with Gasteiger partial charge >= 0.3 is 17.9 Å². The number of amides is 18. The highest BCUT2D eigenvalue weighted by Gasteiger charge is 2.44. The lowest BCUT2D eigenvalue weighted by molar-refractivity contribution is -0.145. The van der Waals surface area contributed by atoms with Gasteiger partial charge in [-0.2, -0.15) is 0 Å². The molecule has 4 heterocycles. The first-order chi connectivity index (χ1) is 62.1. The maximum atomic E-state index is 15.0. The summed E-state index contributed by atoms with van der Waals surface area (Å²) in [6.45, 7) is 0.508. The van der Waals surface area contributed by atoms with Gasteiger partial charge in [-0.05, 0) is 147 Å². The van der Waals surface area contributed by atoms with E-state index < -0.39 is 286 Å². The highest BCUT2D eigenvalue weighted by atomic mass is 16.4. The highest BCUT2D eigenvalue weighted by Crippen LogP contribution is 2.25. The number of phenols is 1. The second kappa shape index (κ2) is 53.0. The molecule has 718 valence electrons. The zero-order chi connectivity index (χ0) is 96.7. The van der Waals surface area contributed by atoms with E-state index in [1.165, 1.54) is 36.1 Å². The molecular weight excluding hydrogens is 1720 g/mol. The molecule has 0 saturated carbocycles. The number of para-hydroxylation sites is 1. The molecule has 3 aromatic rings. The number of aliphatic hydroxyl groups is 1. The number of primary amides is 1. The van der Waals surface area contributed by atoms with Crippen molar-refractivity contribution < 1.29 is 126 Å². The molecular formula is C82H119N23O26. The van der Waals surface area contributed by atoms with Crippen LogP contribution in [0.4, 0.5) is 0 Å². The Kier molecular flexibility index (Phi) is 42.7. The molecule has 131 heavy (non-hydrogen) atoms. The van der Waals surface area contributed by atoms with Gasteiger partial charge in [-0.1, -0.05) is 30.3 Å². The minimum Gasteiger partial charge on any atom is -0.508 e. The van der Waals surface area contributed by atoms with E-state index in [2.05, 4.69) is 90.1 Å². The second-order valence-electron chi connectivity index (χ2n) is 31.8. The Balaban J connectivity index is 1.30. The van der Waals surface area contributed by atoms with Crippen LogP contribution in [0.3, 0.4) is 0 Å². The first kappa shape index (κ1) is 106. The fourth-order valence-corrected chi connectivity index (χ4v) is 14.5. The summed E-state index contributed by atoms with van der Waals surface area (Å²) in [6.07, 6.45) is -6.12. The van der Waals surface area contributed by atoms with E-state index in [-0.39, 0.29) is 116 Å². The van der Waals surface area contributed by atoms with Crippen molar-refractivity contribution in [3.63, 3.8) is 0 Å². The number of hydrogen-bond acceptors (Lipinski definition) is 25. The predicted octanol–water partition coefficient (Wildman–Crippen LogP) is -8.10. The van der Waals surface area contributed by atoms with E-state index in [4.69, 9.17) is 22.6 Å². The van der Waals surface area contributed by atoms with Crippen LogP contribution in [0.15, 0.2) is 54.7 Å². The number of aromatic nitrogens is 1. The first-order valence-electron chi connectivity index (χ1n) is 42.9. The number of H-pyrrole nitrogens is 1. The lowest BCUT2D eigenvalue weighted by Gasteiger charge is -2.32. The fraction of sp³-hybridized carbons (Fsp3) is 0.561. The molecule has 3 fully saturated rings. The maximum absolute atomic E-state index is 15.0. The number of aliphatic hydroxyl groups excluding tert-OH is 1. The van der Waals surface area contributed by atoms with E-state index >= 15 is 0 Å². The Hall–Kier alpha value is -14.2. The van der Waals surface area contributed by atoms with Crippen LogP contribution in [0.2, 0.25) is 0 Å². The largest absolute Gasteiger partial charge is 0.508 e. The number of benzene rings is 2. The zero-order valence-corrected chi connectivity index (χ0v) is 72.7. The summed E-state index contributed by atoms with van der Waals surface area (Å²) in [5.41, 5.74) is 18.3. The van der Waals surface area contributed by atoms with Crippen LogP contribution in [-0.2, 0) is 114 Å². The van der Waals surface area contributed by atoms with Gasteiger partial charge < -0.3 is 143 Å². The number of carboxylic acids is 3. The summed E-state index contributed by atoms with van der Waals surface area (Å²) >= 11 is 0. The van der Waals surface area contributed by atoms with E-state index in [1.54, 1.807) is 30.5 Å². The topological polar surface area (TPSA) is 776 Å². The molecule has 0 aliphatic carbocycles. The quantitative estimate of drug-likeness (QED) is 0.0213. The summed E-state index contributed by atoms with van der Waals surface area (Å²) in [6, 6.07) is -8.54. The SMILES string of the molecule is C[C@@H]1NC(=O)CNC(=O)[C@H](CCC(=O)O)NC(=O)[C@@H]2CCCN2C(=O)[C@H]([C@@H](C)O)NC(=O)[C@H](CCC(=O)O)NC(=O)[C@H](CCCNC(=N)N)NC(=O)[C@H](CCC(N)=O)NC(=O)CNC(=O)CCCNC(=O)CNC(=O)[C@H](Cc2ccc(O)cc2)NC(=O)[C@H](Cc2c[nH]c3ccccc23)NC(=O)[C@@H]2CCCN2C(=O)[C@H](CCCCN)NC(=O)[C@H](C)NC(=O)[C@H](CCC(=O)O)NC1=O. The molecule has 0 unspecified atom stereocenters. The number of aromatic hydroxyl groups is 1. The number of hydrogen-bond donors (Lipinski definition) is 26. The van der Waals surface area contributed by atoms with Crippen molar-refractivity contribution >= 4 is 141 Å². The summed E-state index contributed by atoms with van der Waals surface area (Å²) in [7, 11) is 0. The van der Waals surface area contributed by atoms with E-state index in [9.17, 15) is 126 Å². The average molecular weight is 1840 g/mol. The molecule has 0 spiro atoms. The van der Waals surface area contributed by atoms with Gasteiger partial charge in [0, 0.05) is 88.2 Å². The van der Waals surface area contributed by atoms with Crippen molar-refractivity contribution in [3.8, 4) is 5.75 Å². The van der Waals surface area contributed by atoms with E-state index in [0.29, 0.717) is 28.5 Å². The number of carbonyl (C=O) groups is 21. The van der Waals surface area contributed by atoms with E-state index in [0.717, 1.165) is 18.7 Å². The fourth-order valence-electron chi connectivity index (χ4n) is 14.5. The maximum Gasteiger partial charge on any atom is 0.303 e. The molecule has 49 nitrogen and oxygen atoms in total. The van der Waals surface area contributed by atoms with Crippen molar-refractivity contribution in [1.29, 1.82) is 5.41 Å². The third kappa shape index (κ3) is 35.4. The number of nitrogens with two attached hydrogens (primary N) is 3. The molecule has 3 saturated heterocycles. The van der Waals surface area contributed by atoms with Crippen LogP contribution in [0.1, 0.15) is 154 Å². The number of unbranched alkanes of at least 4 members (excludes halogenated alkanes) is 1. The molecule has 3 aliphatic rings. The van der Waals surface area contributed by atoms with Crippen LogP contribution in [-0.4, -0.2) is 308 Å². The van der Waals surface area contributed by atoms with Gasteiger partial charge in [0.05, 0.1) is 25.7 Å². The van der Waals surface area contributed by atoms with Crippen molar-refractivity contribution in [2.24, 2.45) is 17.2 Å². The molecule has 2 aromatic carbocycles. The van der Waals surface area contributed by atoms with Gasteiger partial charge in [0.15, 0.2) is 5.96 Å². The number of carbonyl (C=O) groups excluding carboxylic acids is 18. The number of nitrogens with zero attached hydrogens (tertiary/aromatic N) is 2. The van der Waals surface area contributed by atoms with Crippen LogP contribution >= 0.6 is 0 Å². The monoisotopic (exact) mass is 1840 g/mol. The molecule has 18 amide bonds. The highest BCUT2D eigenvalue weighted by molar-refractivity contribution is 6.02. The second-order valence-corrected chi connectivity index (χ2v) is 31.8. The predicted molar refractivity (Wildman–Crippen MR) is 460 cm³/mol. The molecule has 1 aromatic heterocycles. The number of guanidine groups is 1. The Morgan fingerprint density at radius 2 is 0.916 bits per heavy atom. The Bertz CT molecular complexity index is 4620. The van der Waals surface area contributed by atoms with Crippen LogP contribution in [0.25, 0.3) is 10.9 Å². The first-order valence-corrected chi connectivity index (χ1v) is 42.9. The number of carboxylic acid groups (broad SMARTS) is 3. The summed E-state index contributed by atoms with van der Waals surface area (Å²) in [5, 5.41) is 97.5. The minimum atomic E-state index is -1.99. The standard InChI is InChI=1S/C82H119N23O26/c1-42-69(119)96-53(25-29-66(115)116)73(123)94-43(2)70(120)100-55(14-6-7-31-83)80(130)104-34-10-16-58(104)79(129)102-57(37-46-38-89-49-13-5-4-12-48(46)49)77(127)101-56(36-45-19-21-47(107)22-20-45)72(122)91-39-62(110)87-32-9-18-61(109)90-40-64(112)95-52(23-27-60(84)108)75(125)97-50(15-8-33-88-82(85)86)74(124)98-54(26-30-67(117)118)76(126)103-68(44(3)106)81(131)105-35-11-17-59(105)78(128)99-51(24-28-65(113)114)71(121)92-41-63(111)93-42/h4-5,12-13,19-22,38,42-44,50-59,68,89,106-107H,6-11,14-18,23-37,39-41,83H2,1-3H3,(H2,84,108)(H,87,110)(H,90,109)(H,91,122)(H,92,121)(H,93,111)(H,94,123)(H,95,112)(H,96,119)(H,97,125)(H,98,124)(H,99,128)(H,100,120)(H,101,127)(H,102,129)(H,103,126)(H,113,114)(H,115,116)(H,117,118)(H4,85,86,88)/t42-,43-,44+,50-,51-,52-,53-,54-,55-,56-,57-,58-,59-,68-/m0/s1. The van der Waals surface area contributed by atoms with Crippen molar-refractivity contribution in [2.75, 3.05) is 52.4 Å². The number of aromatic amines is 1. The lowest BCUT2D eigenvalue weighted by Crippen LogP contribution is -2.61. The summed E-state index contributed by atoms with van der Waals surface area (Å²) in [4.78, 5) is 293. The van der Waals surface area contributed by atoms with Gasteiger partial charge in [0.2, 0.25) is 106 Å². The van der Waals surface area contributed by atoms with Crippen LogP contribution in [0.5, 0.6) is 5.75 Å². The van der Waals surface area contributed by atoms with Crippen molar-refractivity contribution in [2.45, 2.75) is 240 Å². The molecule has 49 heteroatoms. The van der Waals surface area contributed by atoms with Gasteiger partial charge in [-0.25, -0.2) is 0 Å². The number of phenolic OH excluding ortho intramolecular Hbond substituents is 1. The molecule has 29 N–H and O–H groups in total. The molecule has 14 atom stereocenters. The van der Waals surface area contributed by atoms with Gasteiger partial charge in [-0.3, -0.25) is 106 Å². The van der Waals surface area contributed by atoms with Crippen LogP contribution < -0.4 is 102 Å². The van der Waals surface area contributed by atoms with Crippen molar-refractivity contribution in [1.82, 2.24) is 99.9 Å². The Labute approximate surface area is 751 Å². The minimum absolute atomic E-state index is 0.0330. The van der Waals surface area contributed by atoms with Gasteiger partial charge in [-0.15, -0.1) is 0 Å². The molecule has 6 rings (SSSR count). The average Bonchev–Trinajstić information content (AvgIpc) is 1.69. The third-order valence-corrected chi connectivity index (χ3v) is 21.5. The Morgan fingerprint density at radius 1 is 0.466 bits per heavy atom. The summed E-state index contributed by atoms with van der Waals surface area (Å²) in [5.74, 6) is -23.3. The third-order valence-electron chi connectivity index (χ3n) is 21.5. The lowest BCUT2D eigenvalue weighted by atomic mass is 10.0. The molecule has 0 bridgehead atoms. The van der Waals surface area contributed by atoms with Gasteiger partial charge in [0.25, 0.3) is 0 Å². The van der Waals surface area contributed by atoms with E-state index in [1.807, 2.05) is 0 Å². The number of nitrogens with one attached hydrogen (secondary N) is 18. The zero-order valence-electron chi connectivity index (χ0n) is 72.7.